The number of hydrogen-bond donors (Lipinski definition) is 1. The molecule has 2 N–H and O–H groups in total. The van der Waals surface area contributed by atoms with E-state index < -0.39 is 0 Å². The maximum absolute atomic E-state index is 8.52. The van der Waals surface area contributed by atoms with Crippen molar-refractivity contribution in [3.8, 4) is 6.07 Å². The zero-order valence-corrected chi connectivity index (χ0v) is 10.7. The standard InChI is InChI=1S/C11H9N.C6H7N/c1-2-3-4-10-5-7-11(9-12)8-6-10;7-6-4-2-1-3-5-6/h3,5-8H,1,4H2;1-5H,7H2. The summed E-state index contributed by atoms with van der Waals surface area (Å²) in [5, 5.41) is 8.52. The fourth-order valence-electron chi connectivity index (χ4n) is 1.36. The van der Waals surface area contributed by atoms with Crippen LogP contribution < -0.4 is 5.73 Å². The average molecular weight is 248 g/mol. The van der Waals surface area contributed by atoms with Gasteiger partial charge in [-0.05, 0) is 42.3 Å². The lowest BCUT2D eigenvalue weighted by atomic mass is 10.1. The van der Waals surface area contributed by atoms with Gasteiger partial charge in [0, 0.05) is 5.69 Å². The van der Waals surface area contributed by atoms with Gasteiger partial charge >= 0.3 is 0 Å². The minimum atomic E-state index is 0.696. The van der Waals surface area contributed by atoms with Gasteiger partial charge in [0.15, 0.2) is 0 Å². The Hall–Kier alpha value is -2.75. The molecule has 2 aromatic rings. The molecule has 2 heteroatoms. The topological polar surface area (TPSA) is 49.8 Å². The van der Waals surface area contributed by atoms with Crippen molar-refractivity contribution in [2.75, 3.05) is 5.73 Å². The molecule has 0 amide bonds. The number of nitrogens with two attached hydrogens (primary N) is 1. The first-order valence-corrected chi connectivity index (χ1v) is 5.90. The second kappa shape index (κ2) is 8.36. The van der Waals surface area contributed by atoms with Crippen LogP contribution in [0.2, 0.25) is 0 Å². The number of nitrogen functional groups attached to an aromatic ring is 1. The van der Waals surface area contributed by atoms with E-state index in [1.165, 1.54) is 5.56 Å². The monoisotopic (exact) mass is 248 g/mol. The second-order valence-corrected chi connectivity index (χ2v) is 3.83. The van der Waals surface area contributed by atoms with Gasteiger partial charge in [-0.25, -0.2) is 0 Å². The molecule has 19 heavy (non-hydrogen) atoms. The molecule has 0 spiro atoms. The highest BCUT2D eigenvalue weighted by Crippen LogP contribution is 2.03. The maximum atomic E-state index is 8.52. The average Bonchev–Trinajstić information content (AvgIpc) is 2.47. The van der Waals surface area contributed by atoms with Crippen LogP contribution in [0.25, 0.3) is 0 Å². The summed E-state index contributed by atoms with van der Waals surface area (Å²) >= 11 is 0. The molecule has 0 aliphatic carbocycles. The summed E-state index contributed by atoms with van der Waals surface area (Å²) in [6.07, 6.45) is 2.69. The lowest BCUT2D eigenvalue weighted by Crippen LogP contribution is -1.80. The molecule has 0 bridgehead atoms. The molecule has 0 unspecified atom stereocenters. The van der Waals surface area contributed by atoms with Crippen molar-refractivity contribution in [2.24, 2.45) is 0 Å². The van der Waals surface area contributed by atoms with Crippen molar-refractivity contribution in [1.82, 2.24) is 0 Å². The van der Waals surface area contributed by atoms with E-state index in [0.29, 0.717) is 5.56 Å². The van der Waals surface area contributed by atoms with Crippen molar-refractivity contribution in [1.29, 1.82) is 5.26 Å². The molecule has 0 aliphatic heterocycles. The predicted molar refractivity (Wildman–Crippen MR) is 79.4 cm³/mol. The van der Waals surface area contributed by atoms with Crippen molar-refractivity contribution in [3.63, 3.8) is 0 Å². The number of rotatable bonds is 2. The highest BCUT2D eigenvalue weighted by atomic mass is 14.5. The Bertz CT molecular complexity index is 571. The van der Waals surface area contributed by atoms with Gasteiger partial charge in [0.25, 0.3) is 0 Å². The SMILES string of the molecule is C=C=CCc1ccc(C#N)cc1.Nc1ccccc1. The van der Waals surface area contributed by atoms with E-state index in [4.69, 9.17) is 11.0 Å². The number of para-hydroxylation sites is 1. The number of anilines is 1. The quantitative estimate of drug-likeness (QED) is 0.650. The highest BCUT2D eigenvalue weighted by Gasteiger charge is 1.90. The minimum Gasteiger partial charge on any atom is -0.399 e. The third-order valence-corrected chi connectivity index (χ3v) is 2.36. The molecular weight excluding hydrogens is 232 g/mol. The molecular formula is C17H16N2. The first kappa shape index (κ1) is 14.3. The van der Waals surface area contributed by atoms with E-state index in [-0.39, 0.29) is 0 Å². The first-order valence-electron chi connectivity index (χ1n) is 5.90. The summed E-state index contributed by atoms with van der Waals surface area (Å²) in [5.41, 5.74) is 10.8. The molecule has 2 aromatic carbocycles. The van der Waals surface area contributed by atoms with Crippen LogP contribution in [0.4, 0.5) is 5.69 Å². The molecule has 0 saturated heterocycles. The van der Waals surface area contributed by atoms with Crippen molar-refractivity contribution >= 4 is 5.69 Å². The Morgan fingerprint density at radius 1 is 1.05 bits per heavy atom. The summed E-state index contributed by atoms with van der Waals surface area (Å²) in [6, 6.07) is 19.1. The Morgan fingerprint density at radius 3 is 2.11 bits per heavy atom. The molecule has 0 atom stereocenters. The van der Waals surface area contributed by atoms with E-state index >= 15 is 0 Å². The van der Waals surface area contributed by atoms with Gasteiger partial charge in [-0.2, -0.15) is 5.26 Å². The lowest BCUT2D eigenvalue weighted by molar-refractivity contribution is 1.27. The van der Waals surface area contributed by atoms with Gasteiger partial charge in [-0.3, -0.25) is 0 Å². The predicted octanol–water partition coefficient (Wildman–Crippen LogP) is 3.71. The fraction of sp³-hybridized carbons (Fsp3) is 0.0588. The van der Waals surface area contributed by atoms with Crippen LogP contribution in [0.15, 0.2) is 73.0 Å². The van der Waals surface area contributed by atoms with Crippen LogP contribution in [-0.2, 0) is 6.42 Å². The summed E-state index contributed by atoms with van der Waals surface area (Å²) in [6.45, 7) is 3.48. The smallest absolute Gasteiger partial charge is 0.0991 e. The van der Waals surface area contributed by atoms with Gasteiger partial charge in [-0.1, -0.05) is 36.9 Å². The molecule has 0 aromatic heterocycles. The number of benzene rings is 2. The third kappa shape index (κ3) is 5.93. The molecule has 2 nitrogen and oxygen atoms in total. The van der Waals surface area contributed by atoms with E-state index in [0.717, 1.165) is 12.1 Å². The molecule has 0 fully saturated rings. The van der Waals surface area contributed by atoms with E-state index in [1.807, 2.05) is 60.7 Å². The van der Waals surface area contributed by atoms with E-state index in [9.17, 15) is 0 Å². The Kier molecular flexibility index (Phi) is 6.29. The van der Waals surface area contributed by atoms with Gasteiger partial charge < -0.3 is 5.73 Å². The summed E-state index contributed by atoms with van der Waals surface area (Å²) in [4.78, 5) is 0. The van der Waals surface area contributed by atoms with Crippen LogP contribution in [-0.4, -0.2) is 0 Å². The maximum Gasteiger partial charge on any atom is 0.0991 e. The summed E-state index contributed by atoms with van der Waals surface area (Å²) in [5.74, 6) is 0. The largest absolute Gasteiger partial charge is 0.399 e. The summed E-state index contributed by atoms with van der Waals surface area (Å²) in [7, 11) is 0. The molecule has 94 valence electrons. The molecule has 0 heterocycles. The molecule has 2 rings (SSSR count). The van der Waals surface area contributed by atoms with Gasteiger partial charge in [0.05, 0.1) is 11.6 Å². The molecule has 0 radical (unpaired) electrons. The summed E-state index contributed by atoms with van der Waals surface area (Å²) < 4.78 is 0. The fourth-order valence-corrected chi connectivity index (χ4v) is 1.36. The number of nitrogens with zero attached hydrogens (tertiary/aromatic N) is 1. The van der Waals surface area contributed by atoms with Crippen LogP contribution in [0, 0.1) is 11.3 Å². The highest BCUT2D eigenvalue weighted by molar-refractivity contribution is 5.36. The molecule has 0 aliphatic rings. The third-order valence-electron chi connectivity index (χ3n) is 2.36. The number of allylic oxidation sites excluding steroid dienone is 1. The van der Waals surface area contributed by atoms with Crippen molar-refractivity contribution in [3.05, 3.63) is 84.1 Å². The normalized spacial score (nSPS) is 8.37. The van der Waals surface area contributed by atoms with Gasteiger partial charge in [-0.15, -0.1) is 5.73 Å². The van der Waals surface area contributed by atoms with Crippen LogP contribution >= 0.6 is 0 Å². The van der Waals surface area contributed by atoms with Gasteiger partial charge in [0.1, 0.15) is 0 Å². The van der Waals surface area contributed by atoms with E-state index in [2.05, 4.69) is 18.4 Å². The first-order chi connectivity index (χ1) is 9.26. The Labute approximate surface area is 114 Å². The number of nitriles is 1. The van der Waals surface area contributed by atoms with Crippen LogP contribution in [0.3, 0.4) is 0 Å². The van der Waals surface area contributed by atoms with Gasteiger partial charge in [0.2, 0.25) is 0 Å². The van der Waals surface area contributed by atoms with Crippen molar-refractivity contribution in [2.45, 2.75) is 6.42 Å². The second-order valence-electron chi connectivity index (χ2n) is 3.83. The van der Waals surface area contributed by atoms with Crippen LogP contribution in [0.5, 0.6) is 0 Å². The minimum absolute atomic E-state index is 0.696. The lowest BCUT2D eigenvalue weighted by Gasteiger charge is -1.93. The Balaban J connectivity index is 0.000000218. The zero-order chi connectivity index (χ0) is 13.9. The zero-order valence-electron chi connectivity index (χ0n) is 10.7. The molecule has 0 saturated carbocycles. The van der Waals surface area contributed by atoms with Crippen molar-refractivity contribution < 1.29 is 0 Å². The number of hydrogen-bond acceptors (Lipinski definition) is 2. The van der Waals surface area contributed by atoms with E-state index in [1.54, 1.807) is 0 Å². The Morgan fingerprint density at radius 2 is 1.68 bits per heavy atom. The van der Waals surface area contributed by atoms with Crippen LogP contribution in [0.1, 0.15) is 11.1 Å².